The Kier molecular flexibility index (Phi) is 7.37. The first-order valence-corrected chi connectivity index (χ1v) is 20.3. The summed E-state index contributed by atoms with van der Waals surface area (Å²) in [6.45, 7) is 0. The Morgan fingerprint density at radius 3 is 1.81 bits per heavy atom. The van der Waals surface area contributed by atoms with Gasteiger partial charge in [0.25, 0.3) is 0 Å². The fourth-order valence-corrected chi connectivity index (χ4v) is 9.88. The number of rotatable bonds is 5. The highest BCUT2D eigenvalue weighted by Crippen LogP contribution is 2.45. The largest absolute Gasteiger partial charge is 0.308 e. The zero-order valence-electron chi connectivity index (χ0n) is 31.2. The van der Waals surface area contributed by atoms with Crippen LogP contribution >= 0.6 is 11.3 Å². The number of hydrogen-bond acceptors (Lipinski definition) is 4. The van der Waals surface area contributed by atoms with Crippen LogP contribution in [0.4, 0.5) is 0 Å². The van der Waals surface area contributed by atoms with E-state index in [1.54, 1.807) is 0 Å². The van der Waals surface area contributed by atoms with Gasteiger partial charge in [-0.2, -0.15) is 0 Å². The standard InChI is InChI=1S/C53H32N4S/c1-2-13-33(14-3-1)36-19-12-20-39(29-36)51-54-52(40-26-25-34-15-4-5-16-35(34)30-40)56-53(55-51)43-27-28-46(50-49(43)42-22-9-11-24-48(42)58-50)57-45-23-10-8-21-41(45)44-31-37-17-6-7-18-38(37)32-47(44)57/h1-32H. The van der Waals surface area contributed by atoms with Gasteiger partial charge >= 0.3 is 0 Å². The lowest BCUT2D eigenvalue weighted by atomic mass is 10.0. The highest BCUT2D eigenvalue weighted by molar-refractivity contribution is 7.26. The van der Waals surface area contributed by atoms with Crippen molar-refractivity contribution in [1.29, 1.82) is 0 Å². The third-order valence-corrected chi connectivity index (χ3v) is 12.6. The van der Waals surface area contributed by atoms with Crippen molar-refractivity contribution in [3.63, 3.8) is 0 Å². The van der Waals surface area contributed by atoms with E-state index in [1.807, 2.05) is 17.4 Å². The molecule has 0 unspecified atom stereocenters. The van der Waals surface area contributed by atoms with Gasteiger partial charge in [0.1, 0.15) is 0 Å². The Labute approximate surface area is 338 Å². The Bertz CT molecular complexity index is 3580. The van der Waals surface area contributed by atoms with Gasteiger partial charge < -0.3 is 4.57 Å². The van der Waals surface area contributed by atoms with Crippen LogP contribution in [0.5, 0.6) is 0 Å². The van der Waals surface area contributed by atoms with Crippen molar-refractivity contribution in [3.8, 4) is 51.0 Å². The molecule has 12 aromatic rings. The van der Waals surface area contributed by atoms with Crippen molar-refractivity contribution < 1.29 is 0 Å². The van der Waals surface area contributed by atoms with Crippen LogP contribution in [0, 0.1) is 0 Å². The SMILES string of the molecule is c1ccc(-c2cccc(-c3nc(-c4ccc5ccccc5c4)nc(-c4ccc(-n5c6ccccc6c6cc7ccccc7cc65)c5sc6ccccc6c45)n3)c2)cc1. The zero-order chi connectivity index (χ0) is 38.2. The van der Waals surface area contributed by atoms with Crippen LogP contribution in [0.3, 0.4) is 0 Å². The van der Waals surface area contributed by atoms with Gasteiger partial charge in [0, 0.05) is 42.9 Å². The van der Waals surface area contributed by atoms with Crippen molar-refractivity contribution in [2.45, 2.75) is 0 Å². The molecule has 0 fully saturated rings. The molecule has 0 atom stereocenters. The molecule has 0 bridgehead atoms. The van der Waals surface area contributed by atoms with Gasteiger partial charge in [0.05, 0.1) is 21.4 Å². The first-order chi connectivity index (χ1) is 28.7. The summed E-state index contributed by atoms with van der Waals surface area (Å²) in [5, 5.41) is 9.59. The van der Waals surface area contributed by atoms with Gasteiger partial charge in [-0.25, -0.2) is 15.0 Å². The molecule has 9 aromatic carbocycles. The number of para-hydroxylation sites is 1. The Hall–Kier alpha value is -7.47. The lowest BCUT2D eigenvalue weighted by molar-refractivity contribution is 1.08. The molecule has 3 heterocycles. The predicted octanol–water partition coefficient (Wildman–Crippen LogP) is 14.3. The molecule has 3 aromatic heterocycles. The van der Waals surface area contributed by atoms with Gasteiger partial charge in [-0.3, -0.25) is 0 Å². The van der Waals surface area contributed by atoms with E-state index in [0.717, 1.165) is 44.3 Å². The molecule has 0 N–H and O–H groups in total. The fourth-order valence-electron chi connectivity index (χ4n) is 8.64. The highest BCUT2D eigenvalue weighted by Gasteiger charge is 2.22. The molecule has 4 nitrogen and oxygen atoms in total. The number of hydrogen-bond donors (Lipinski definition) is 0. The van der Waals surface area contributed by atoms with E-state index in [1.165, 1.54) is 52.8 Å². The van der Waals surface area contributed by atoms with E-state index in [4.69, 9.17) is 15.0 Å². The molecule has 0 saturated heterocycles. The minimum absolute atomic E-state index is 0.636. The summed E-state index contributed by atoms with van der Waals surface area (Å²) in [7, 11) is 0. The maximum atomic E-state index is 5.34. The summed E-state index contributed by atoms with van der Waals surface area (Å²) in [5.41, 5.74) is 8.63. The van der Waals surface area contributed by atoms with Crippen LogP contribution in [0.2, 0.25) is 0 Å². The summed E-state index contributed by atoms with van der Waals surface area (Å²) >= 11 is 1.83. The molecule has 0 radical (unpaired) electrons. The van der Waals surface area contributed by atoms with Crippen molar-refractivity contribution in [2.75, 3.05) is 0 Å². The molecule has 0 aliphatic heterocycles. The normalized spacial score (nSPS) is 11.8. The predicted molar refractivity (Wildman–Crippen MR) is 244 cm³/mol. The summed E-state index contributed by atoms with van der Waals surface area (Å²) in [5.74, 6) is 1.92. The van der Waals surface area contributed by atoms with E-state index >= 15 is 0 Å². The molecule has 0 aliphatic carbocycles. The zero-order valence-corrected chi connectivity index (χ0v) is 32.0. The van der Waals surface area contributed by atoms with Crippen molar-refractivity contribution in [3.05, 3.63) is 194 Å². The first-order valence-electron chi connectivity index (χ1n) is 19.5. The average molecular weight is 757 g/mol. The van der Waals surface area contributed by atoms with E-state index in [-0.39, 0.29) is 0 Å². The van der Waals surface area contributed by atoms with Crippen LogP contribution in [-0.4, -0.2) is 19.5 Å². The van der Waals surface area contributed by atoms with E-state index in [9.17, 15) is 0 Å². The summed E-state index contributed by atoms with van der Waals surface area (Å²) < 4.78 is 4.86. The van der Waals surface area contributed by atoms with Crippen LogP contribution in [0.15, 0.2) is 194 Å². The number of nitrogens with zero attached hydrogens (tertiary/aromatic N) is 4. The van der Waals surface area contributed by atoms with Gasteiger partial charge in [-0.15, -0.1) is 11.3 Å². The van der Waals surface area contributed by atoms with Gasteiger partial charge in [0.2, 0.25) is 0 Å². The van der Waals surface area contributed by atoms with Gasteiger partial charge in [0.15, 0.2) is 17.5 Å². The van der Waals surface area contributed by atoms with Crippen molar-refractivity contribution >= 4 is 74.9 Å². The number of aromatic nitrogens is 4. The summed E-state index contributed by atoms with van der Waals surface area (Å²) in [6.07, 6.45) is 0. The Balaban J connectivity index is 1.13. The number of fused-ring (bicyclic) bond motifs is 8. The molecule has 0 saturated carbocycles. The topological polar surface area (TPSA) is 43.6 Å². The molecule has 0 aliphatic rings. The van der Waals surface area contributed by atoms with E-state index in [2.05, 4.69) is 193 Å². The van der Waals surface area contributed by atoms with Crippen molar-refractivity contribution in [2.24, 2.45) is 0 Å². The maximum absolute atomic E-state index is 5.34. The monoisotopic (exact) mass is 756 g/mol. The molecule has 58 heavy (non-hydrogen) atoms. The van der Waals surface area contributed by atoms with Crippen LogP contribution in [0.1, 0.15) is 0 Å². The van der Waals surface area contributed by atoms with Gasteiger partial charge in [-0.1, -0.05) is 146 Å². The Morgan fingerprint density at radius 2 is 0.983 bits per heavy atom. The first kappa shape index (κ1) is 32.7. The lowest BCUT2D eigenvalue weighted by Gasteiger charge is -2.14. The molecule has 0 spiro atoms. The highest BCUT2D eigenvalue weighted by atomic mass is 32.1. The molecule has 0 amide bonds. The third-order valence-electron chi connectivity index (χ3n) is 11.4. The maximum Gasteiger partial charge on any atom is 0.164 e. The Morgan fingerprint density at radius 1 is 0.362 bits per heavy atom. The van der Waals surface area contributed by atoms with E-state index < -0.39 is 0 Å². The second-order valence-electron chi connectivity index (χ2n) is 14.8. The van der Waals surface area contributed by atoms with Crippen LogP contribution in [-0.2, 0) is 0 Å². The fraction of sp³-hybridized carbons (Fsp3) is 0. The summed E-state index contributed by atoms with van der Waals surface area (Å²) in [6, 6.07) is 69.1. The van der Waals surface area contributed by atoms with Crippen LogP contribution in [0.25, 0.3) is 115 Å². The van der Waals surface area contributed by atoms with Gasteiger partial charge in [-0.05, 0) is 81.2 Å². The van der Waals surface area contributed by atoms with Crippen LogP contribution < -0.4 is 0 Å². The minimum atomic E-state index is 0.636. The molecule has 270 valence electrons. The average Bonchev–Trinajstić information content (AvgIpc) is 3.84. The van der Waals surface area contributed by atoms with E-state index in [0.29, 0.717) is 17.5 Å². The summed E-state index contributed by atoms with van der Waals surface area (Å²) in [4.78, 5) is 15.9. The molecular formula is C53H32N4S. The molecule has 5 heteroatoms. The number of thiophene rings is 1. The molecule has 12 rings (SSSR count). The second kappa shape index (κ2) is 13.1. The smallest absolute Gasteiger partial charge is 0.164 e. The second-order valence-corrected chi connectivity index (χ2v) is 15.9. The third kappa shape index (κ3) is 5.25. The van der Waals surface area contributed by atoms with Crippen molar-refractivity contribution in [1.82, 2.24) is 19.5 Å². The lowest BCUT2D eigenvalue weighted by Crippen LogP contribution is -2.01. The quantitative estimate of drug-likeness (QED) is 0.176. The molecular weight excluding hydrogens is 725 g/mol. The minimum Gasteiger partial charge on any atom is -0.308 e. The number of benzene rings is 9.